The first-order valence-corrected chi connectivity index (χ1v) is 5.43. The standard InChI is InChI=1S/C13H18O3/c1-4-10-6-5-7-11(8-10)16-13(2,3)9-12(14)15/h5-8H,4,9H2,1-3H3,(H,14,15). The molecule has 0 aliphatic heterocycles. The zero-order valence-corrected chi connectivity index (χ0v) is 9.99. The summed E-state index contributed by atoms with van der Waals surface area (Å²) in [5, 5.41) is 8.75. The van der Waals surface area contributed by atoms with Crippen molar-refractivity contribution < 1.29 is 14.6 Å². The highest BCUT2D eigenvalue weighted by atomic mass is 16.5. The number of carboxylic acid groups (broad SMARTS) is 1. The van der Waals surface area contributed by atoms with Crippen LogP contribution in [-0.2, 0) is 11.2 Å². The molecule has 0 heterocycles. The Hall–Kier alpha value is -1.51. The van der Waals surface area contributed by atoms with Gasteiger partial charge >= 0.3 is 5.97 Å². The highest BCUT2D eigenvalue weighted by Crippen LogP contribution is 2.22. The quantitative estimate of drug-likeness (QED) is 0.833. The lowest BCUT2D eigenvalue weighted by Gasteiger charge is -2.24. The molecule has 0 aliphatic rings. The SMILES string of the molecule is CCc1cccc(OC(C)(C)CC(=O)O)c1. The molecule has 0 fully saturated rings. The smallest absolute Gasteiger partial charge is 0.307 e. The second kappa shape index (κ2) is 5.01. The molecule has 1 N–H and O–H groups in total. The first-order chi connectivity index (χ1) is 7.43. The normalized spacial score (nSPS) is 11.2. The van der Waals surface area contributed by atoms with E-state index in [4.69, 9.17) is 9.84 Å². The van der Waals surface area contributed by atoms with Crippen LogP contribution < -0.4 is 4.74 Å². The summed E-state index contributed by atoms with van der Waals surface area (Å²) in [6.07, 6.45) is 0.930. The second-order valence-electron chi connectivity index (χ2n) is 4.43. The fourth-order valence-electron chi connectivity index (χ4n) is 1.55. The Morgan fingerprint density at radius 2 is 2.12 bits per heavy atom. The minimum absolute atomic E-state index is 0.0106. The summed E-state index contributed by atoms with van der Waals surface area (Å²) >= 11 is 0. The summed E-state index contributed by atoms with van der Waals surface area (Å²) in [5.41, 5.74) is 0.502. The van der Waals surface area contributed by atoms with Gasteiger partial charge in [-0.05, 0) is 38.0 Å². The Kier molecular flexibility index (Phi) is 3.93. The van der Waals surface area contributed by atoms with Crippen LogP contribution in [0.4, 0.5) is 0 Å². The van der Waals surface area contributed by atoms with E-state index in [-0.39, 0.29) is 6.42 Å². The van der Waals surface area contributed by atoms with Gasteiger partial charge in [0.05, 0.1) is 6.42 Å². The number of aliphatic carboxylic acids is 1. The number of carbonyl (C=O) groups is 1. The van der Waals surface area contributed by atoms with Crippen molar-refractivity contribution >= 4 is 5.97 Å². The number of rotatable bonds is 5. The second-order valence-corrected chi connectivity index (χ2v) is 4.43. The lowest BCUT2D eigenvalue weighted by molar-refractivity contribution is -0.140. The first kappa shape index (κ1) is 12.6. The zero-order chi connectivity index (χ0) is 12.2. The molecular weight excluding hydrogens is 204 g/mol. The van der Waals surface area contributed by atoms with Crippen molar-refractivity contribution in [2.45, 2.75) is 39.2 Å². The number of aryl methyl sites for hydroxylation is 1. The molecule has 1 aromatic rings. The van der Waals surface area contributed by atoms with E-state index >= 15 is 0 Å². The van der Waals surface area contributed by atoms with Crippen molar-refractivity contribution in [3.05, 3.63) is 29.8 Å². The minimum Gasteiger partial charge on any atom is -0.487 e. The molecule has 0 radical (unpaired) electrons. The van der Waals surface area contributed by atoms with Crippen LogP contribution in [0.1, 0.15) is 32.8 Å². The van der Waals surface area contributed by atoms with Gasteiger partial charge in [0, 0.05) is 0 Å². The molecule has 1 aromatic carbocycles. The number of hydrogen-bond acceptors (Lipinski definition) is 2. The monoisotopic (exact) mass is 222 g/mol. The van der Waals surface area contributed by atoms with Gasteiger partial charge in [0.1, 0.15) is 11.4 Å². The number of ether oxygens (including phenoxy) is 1. The molecule has 0 unspecified atom stereocenters. The minimum atomic E-state index is -0.850. The molecule has 0 amide bonds. The molecule has 88 valence electrons. The van der Waals surface area contributed by atoms with Crippen LogP contribution in [0.2, 0.25) is 0 Å². The Labute approximate surface area is 96.1 Å². The fourth-order valence-corrected chi connectivity index (χ4v) is 1.55. The summed E-state index contributed by atoms with van der Waals surface area (Å²) < 4.78 is 5.67. The maximum Gasteiger partial charge on any atom is 0.307 e. The van der Waals surface area contributed by atoms with E-state index in [0.29, 0.717) is 0 Å². The van der Waals surface area contributed by atoms with Gasteiger partial charge in [0.2, 0.25) is 0 Å². The van der Waals surface area contributed by atoms with Gasteiger partial charge < -0.3 is 9.84 Å². The van der Waals surface area contributed by atoms with Crippen LogP contribution in [0.3, 0.4) is 0 Å². The van der Waals surface area contributed by atoms with Crippen LogP contribution >= 0.6 is 0 Å². The van der Waals surface area contributed by atoms with Gasteiger partial charge in [-0.15, -0.1) is 0 Å². The summed E-state index contributed by atoms with van der Waals surface area (Å²) in [7, 11) is 0. The third-order valence-electron chi connectivity index (χ3n) is 2.28. The third-order valence-corrected chi connectivity index (χ3v) is 2.28. The van der Waals surface area contributed by atoms with E-state index in [9.17, 15) is 4.79 Å². The molecule has 0 bridgehead atoms. The maximum absolute atomic E-state index is 10.6. The van der Waals surface area contributed by atoms with E-state index in [1.54, 1.807) is 13.8 Å². The molecule has 3 nitrogen and oxygen atoms in total. The van der Waals surface area contributed by atoms with Crippen molar-refractivity contribution in [2.24, 2.45) is 0 Å². The van der Waals surface area contributed by atoms with Gasteiger partial charge in [-0.3, -0.25) is 4.79 Å². The van der Waals surface area contributed by atoms with Crippen LogP contribution in [0, 0.1) is 0 Å². The average molecular weight is 222 g/mol. The predicted molar refractivity (Wildman–Crippen MR) is 62.8 cm³/mol. The predicted octanol–water partition coefficient (Wildman–Crippen LogP) is 2.88. The van der Waals surface area contributed by atoms with E-state index in [1.807, 2.05) is 24.3 Å². The topological polar surface area (TPSA) is 46.5 Å². The van der Waals surface area contributed by atoms with Gasteiger partial charge in [0.15, 0.2) is 0 Å². The lowest BCUT2D eigenvalue weighted by Crippen LogP contribution is -2.31. The van der Waals surface area contributed by atoms with E-state index < -0.39 is 11.6 Å². The molecule has 1 rings (SSSR count). The highest BCUT2D eigenvalue weighted by Gasteiger charge is 2.23. The Morgan fingerprint density at radius 3 is 2.69 bits per heavy atom. The van der Waals surface area contributed by atoms with E-state index in [0.717, 1.165) is 12.2 Å². The summed E-state index contributed by atoms with van der Waals surface area (Å²) in [6, 6.07) is 7.74. The fraction of sp³-hybridized carbons (Fsp3) is 0.462. The van der Waals surface area contributed by atoms with Crippen molar-refractivity contribution in [1.82, 2.24) is 0 Å². The van der Waals surface area contributed by atoms with Crippen LogP contribution in [0.5, 0.6) is 5.75 Å². The summed E-state index contributed by atoms with van der Waals surface area (Å²) in [5.74, 6) is -0.123. The molecule has 0 saturated heterocycles. The Bertz CT molecular complexity index is 369. The largest absolute Gasteiger partial charge is 0.487 e. The molecule has 16 heavy (non-hydrogen) atoms. The number of hydrogen-bond donors (Lipinski definition) is 1. The number of carboxylic acids is 1. The highest BCUT2D eigenvalue weighted by molar-refractivity contribution is 5.68. The van der Waals surface area contributed by atoms with E-state index in [2.05, 4.69) is 6.92 Å². The molecule has 0 aliphatic carbocycles. The van der Waals surface area contributed by atoms with Crippen molar-refractivity contribution in [3.63, 3.8) is 0 Å². The van der Waals surface area contributed by atoms with Crippen molar-refractivity contribution in [3.8, 4) is 5.75 Å². The summed E-state index contributed by atoms with van der Waals surface area (Å²) in [6.45, 7) is 5.63. The van der Waals surface area contributed by atoms with Crippen molar-refractivity contribution in [2.75, 3.05) is 0 Å². The zero-order valence-electron chi connectivity index (χ0n) is 9.99. The maximum atomic E-state index is 10.6. The lowest BCUT2D eigenvalue weighted by atomic mass is 10.1. The molecule has 3 heteroatoms. The molecule has 0 aromatic heterocycles. The van der Waals surface area contributed by atoms with Crippen LogP contribution in [0.25, 0.3) is 0 Å². The van der Waals surface area contributed by atoms with Crippen molar-refractivity contribution in [1.29, 1.82) is 0 Å². The first-order valence-electron chi connectivity index (χ1n) is 5.43. The van der Waals surface area contributed by atoms with Gasteiger partial charge in [-0.1, -0.05) is 19.1 Å². The van der Waals surface area contributed by atoms with Crippen LogP contribution in [-0.4, -0.2) is 16.7 Å². The number of benzene rings is 1. The van der Waals surface area contributed by atoms with Gasteiger partial charge in [0.25, 0.3) is 0 Å². The average Bonchev–Trinajstić information content (AvgIpc) is 2.15. The molecule has 0 atom stereocenters. The Balaban J connectivity index is 2.75. The molecule has 0 spiro atoms. The molecule has 0 saturated carbocycles. The van der Waals surface area contributed by atoms with E-state index in [1.165, 1.54) is 5.56 Å². The third kappa shape index (κ3) is 3.93. The van der Waals surface area contributed by atoms with Gasteiger partial charge in [-0.2, -0.15) is 0 Å². The van der Waals surface area contributed by atoms with Crippen LogP contribution in [0.15, 0.2) is 24.3 Å². The molecular formula is C13H18O3. The Morgan fingerprint density at radius 1 is 1.44 bits per heavy atom. The van der Waals surface area contributed by atoms with Gasteiger partial charge in [-0.25, -0.2) is 0 Å². The summed E-state index contributed by atoms with van der Waals surface area (Å²) in [4.78, 5) is 10.6.